The number of nitrogens with one attached hydrogen (secondary N) is 1. The third-order valence-electron chi connectivity index (χ3n) is 3.27. The zero-order chi connectivity index (χ0) is 13.9. The zero-order valence-corrected chi connectivity index (χ0v) is 11.5. The number of carbonyl (C=O) groups is 1. The number of ether oxygens (including phenoxy) is 1. The Bertz CT molecular complexity index is 435. The summed E-state index contributed by atoms with van der Waals surface area (Å²) in [5.41, 5.74) is 0.350. The molecule has 0 aromatic heterocycles. The Balaban J connectivity index is 1.82. The first-order valence-electron chi connectivity index (χ1n) is 6.66. The van der Waals surface area contributed by atoms with Gasteiger partial charge in [-0.2, -0.15) is 0 Å². The van der Waals surface area contributed by atoms with Gasteiger partial charge in [-0.15, -0.1) is 0 Å². The van der Waals surface area contributed by atoms with Gasteiger partial charge < -0.3 is 15.2 Å². The maximum absolute atomic E-state index is 11.0. The first kappa shape index (κ1) is 13.9. The average Bonchev–Trinajstić information content (AvgIpc) is 3.19. The van der Waals surface area contributed by atoms with Gasteiger partial charge in [0.25, 0.3) is 0 Å². The summed E-state index contributed by atoms with van der Waals surface area (Å²) in [7, 11) is 0. The summed E-state index contributed by atoms with van der Waals surface area (Å²) in [6.07, 6.45) is 2.57. The van der Waals surface area contributed by atoms with Crippen molar-refractivity contribution in [3.63, 3.8) is 0 Å². The van der Waals surface area contributed by atoms with Gasteiger partial charge in [-0.25, -0.2) is 0 Å². The summed E-state index contributed by atoms with van der Waals surface area (Å²) in [6.45, 7) is 4.36. The molecule has 0 unspecified atom stereocenters. The van der Waals surface area contributed by atoms with E-state index in [-0.39, 0.29) is 6.61 Å². The van der Waals surface area contributed by atoms with Crippen molar-refractivity contribution < 1.29 is 14.6 Å². The third-order valence-corrected chi connectivity index (χ3v) is 3.27. The smallest absolute Gasteiger partial charge is 0.312 e. The minimum absolute atomic E-state index is 0.169. The lowest BCUT2D eigenvalue weighted by Gasteiger charge is -2.19. The van der Waals surface area contributed by atoms with Crippen molar-refractivity contribution >= 4 is 5.97 Å². The van der Waals surface area contributed by atoms with Gasteiger partial charge in [0.2, 0.25) is 0 Å². The van der Waals surface area contributed by atoms with Gasteiger partial charge in [0, 0.05) is 12.6 Å². The first-order valence-corrected chi connectivity index (χ1v) is 6.66. The summed E-state index contributed by atoms with van der Waals surface area (Å²) in [5.74, 6) is -0.137. The van der Waals surface area contributed by atoms with Crippen LogP contribution in [0.2, 0.25) is 0 Å². The maximum atomic E-state index is 11.0. The zero-order valence-electron chi connectivity index (χ0n) is 11.5. The molecule has 1 aliphatic rings. The molecule has 2 N–H and O–H groups in total. The van der Waals surface area contributed by atoms with Crippen LogP contribution in [-0.2, 0) is 11.3 Å². The highest BCUT2D eigenvalue weighted by Crippen LogP contribution is 2.21. The minimum atomic E-state index is -0.869. The summed E-state index contributed by atoms with van der Waals surface area (Å²) < 4.78 is 5.52. The second kappa shape index (κ2) is 5.61. The van der Waals surface area contributed by atoms with Crippen molar-refractivity contribution in [2.75, 3.05) is 6.61 Å². The normalized spacial score (nSPS) is 15.3. The van der Waals surface area contributed by atoms with E-state index < -0.39 is 11.4 Å². The number of carboxylic acid groups (broad SMARTS) is 1. The fourth-order valence-corrected chi connectivity index (χ4v) is 1.58. The first-order chi connectivity index (χ1) is 8.97. The molecule has 0 radical (unpaired) electrons. The molecule has 4 heteroatoms. The maximum Gasteiger partial charge on any atom is 0.312 e. The van der Waals surface area contributed by atoms with Gasteiger partial charge in [0.1, 0.15) is 12.4 Å². The molecular weight excluding hydrogens is 242 g/mol. The largest absolute Gasteiger partial charge is 0.492 e. The van der Waals surface area contributed by atoms with Crippen molar-refractivity contribution in [1.29, 1.82) is 0 Å². The Hall–Kier alpha value is -1.55. The van der Waals surface area contributed by atoms with Crippen molar-refractivity contribution in [3.05, 3.63) is 29.8 Å². The van der Waals surface area contributed by atoms with Crippen molar-refractivity contribution in [2.24, 2.45) is 5.41 Å². The minimum Gasteiger partial charge on any atom is -0.492 e. The van der Waals surface area contributed by atoms with Crippen LogP contribution < -0.4 is 10.1 Å². The number of benzene rings is 1. The predicted octanol–water partition coefficient (Wildman–Crippen LogP) is 2.43. The highest BCUT2D eigenvalue weighted by molar-refractivity contribution is 5.73. The molecule has 104 valence electrons. The standard InChI is InChI=1S/C15H21NO3/c1-15(2,14(17)18)10-19-13-7-3-11(4-8-13)9-16-12-5-6-12/h3-4,7-8,12,16H,5-6,9-10H2,1-2H3,(H,17,18). The van der Waals surface area contributed by atoms with Crippen LogP contribution in [-0.4, -0.2) is 23.7 Å². The Labute approximate surface area is 113 Å². The van der Waals surface area contributed by atoms with E-state index in [1.54, 1.807) is 13.8 Å². The molecule has 1 aliphatic carbocycles. The van der Waals surface area contributed by atoms with Gasteiger partial charge in [-0.05, 0) is 44.4 Å². The third kappa shape index (κ3) is 4.24. The molecule has 0 bridgehead atoms. The summed E-state index contributed by atoms with van der Waals surface area (Å²) >= 11 is 0. The van der Waals surface area contributed by atoms with Crippen LogP contribution in [0.5, 0.6) is 5.75 Å². The molecule has 1 saturated carbocycles. The summed E-state index contributed by atoms with van der Waals surface area (Å²) in [5, 5.41) is 12.4. The molecule has 2 rings (SSSR count). The van der Waals surface area contributed by atoms with Crippen molar-refractivity contribution in [3.8, 4) is 5.75 Å². The Morgan fingerprint density at radius 1 is 1.37 bits per heavy atom. The van der Waals surface area contributed by atoms with Crippen molar-refractivity contribution in [2.45, 2.75) is 39.3 Å². The molecule has 0 aliphatic heterocycles. The summed E-state index contributed by atoms with van der Waals surface area (Å²) in [4.78, 5) is 11.0. The molecule has 1 fully saturated rings. The number of rotatable bonds is 7. The lowest BCUT2D eigenvalue weighted by Crippen LogP contribution is -2.30. The topological polar surface area (TPSA) is 58.6 Å². The summed E-state index contributed by atoms with van der Waals surface area (Å²) in [6, 6.07) is 8.51. The van der Waals surface area contributed by atoms with Gasteiger partial charge >= 0.3 is 5.97 Å². The number of aliphatic carboxylic acids is 1. The fourth-order valence-electron chi connectivity index (χ4n) is 1.58. The molecule has 19 heavy (non-hydrogen) atoms. The molecule has 1 aromatic rings. The van der Waals surface area contributed by atoms with E-state index in [4.69, 9.17) is 9.84 Å². The Kier molecular flexibility index (Phi) is 4.10. The second-order valence-electron chi connectivity index (χ2n) is 5.78. The van der Waals surface area contributed by atoms with Gasteiger partial charge in [0.15, 0.2) is 0 Å². The van der Waals surface area contributed by atoms with Gasteiger partial charge in [0.05, 0.1) is 5.41 Å². The Morgan fingerprint density at radius 3 is 2.53 bits per heavy atom. The van der Waals surface area contributed by atoms with Gasteiger partial charge in [-0.1, -0.05) is 12.1 Å². The molecule has 4 nitrogen and oxygen atoms in total. The molecule has 1 aromatic carbocycles. The second-order valence-corrected chi connectivity index (χ2v) is 5.78. The molecule has 0 atom stereocenters. The predicted molar refractivity (Wildman–Crippen MR) is 73.2 cm³/mol. The fraction of sp³-hybridized carbons (Fsp3) is 0.533. The van der Waals surface area contributed by atoms with Crippen LogP contribution >= 0.6 is 0 Å². The van der Waals surface area contributed by atoms with Crippen LogP contribution in [0.3, 0.4) is 0 Å². The van der Waals surface area contributed by atoms with E-state index in [0.29, 0.717) is 11.8 Å². The quantitative estimate of drug-likeness (QED) is 0.793. The van der Waals surface area contributed by atoms with Crippen LogP contribution in [0.1, 0.15) is 32.3 Å². The number of hydrogen-bond acceptors (Lipinski definition) is 3. The van der Waals surface area contributed by atoms with Crippen LogP contribution in [0.25, 0.3) is 0 Å². The van der Waals surface area contributed by atoms with E-state index >= 15 is 0 Å². The lowest BCUT2D eigenvalue weighted by atomic mass is 9.95. The molecule has 0 amide bonds. The van der Waals surface area contributed by atoms with E-state index in [2.05, 4.69) is 5.32 Å². The highest BCUT2D eigenvalue weighted by atomic mass is 16.5. The SMILES string of the molecule is CC(C)(COc1ccc(CNC2CC2)cc1)C(=O)O. The number of carboxylic acids is 1. The monoisotopic (exact) mass is 263 g/mol. The van der Waals surface area contributed by atoms with E-state index in [1.807, 2.05) is 24.3 Å². The lowest BCUT2D eigenvalue weighted by molar-refractivity contribution is -0.148. The van der Waals surface area contributed by atoms with Crippen LogP contribution in [0.15, 0.2) is 24.3 Å². The van der Waals surface area contributed by atoms with Gasteiger partial charge in [-0.3, -0.25) is 4.79 Å². The molecule has 0 saturated heterocycles. The van der Waals surface area contributed by atoms with Crippen LogP contribution in [0.4, 0.5) is 0 Å². The van der Waals surface area contributed by atoms with E-state index in [1.165, 1.54) is 18.4 Å². The van der Waals surface area contributed by atoms with Crippen molar-refractivity contribution in [1.82, 2.24) is 5.32 Å². The van der Waals surface area contributed by atoms with Crippen LogP contribution in [0, 0.1) is 5.41 Å². The molecule has 0 heterocycles. The molecule has 0 spiro atoms. The van der Waals surface area contributed by atoms with E-state index in [0.717, 1.165) is 6.54 Å². The molecular formula is C15H21NO3. The Morgan fingerprint density at radius 2 is 2.00 bits per heavy atom. The van der Waals surface area contributed by atoms with E-state index in [9.17, 15) is 4.79 Å². The average molecular weight is 263 g/mol. The highest BCUT2D eigenvalue weighted by Gasteiger charge is 2.28. The number of hydrogen-bond donors (Lipinski definition) is 2.